The van der Waals surface area contributed by atoms with Gasteiger partial charge in [-0.2, -0.15) is 0 Å². The number of aliphatic hydroxyl groups excluding tert-OH is 1. The normalized spacial score (nSPS) is 18.1. The molecule has 0 saturated carbocycles. The molecule has 0 amide bonds. The first kappa shape index (κ1) is 15.7. The third-order valence-corrected chi connectivity index (χ3v) is 3.94. The highest BCUT2D eigenvalue weighted by Crippen LogP contribution is 2.32. The van der Waals surface area contributed by atoms with Gasteiger partial charge >= 0.3 is 0 Å². The van der Waals surface area contributed by atoms with E-state index in [1.54, 1.807) is 0 Å². The molecule has 1 aliphatic rings. The molecule has 0 bridgehead atoms. The summed E-state index contributed by atoms with van der Waals surface area (Å²) >= 11 is 5.97. The molecule has 1 aromatic rings. The largest absolute Gasteiger partial charge is 0.394 e. The van der Waals surface area contributed by atoms with Gasteiger partial charge in [-0.1, -0.05) is 23.7 Å². The maximum Gasteiger partial charge on any atom is 0.0698 e. The van der Waals surface area contributed by atoms with Crippen LogP contribution in [0.3, 0.4) is 0 Å². The van der Waals surface area contributed by atoms with E-state index in [4.69, 9.17) is 26.2 Å². The van der Waals surface area contributed by atoms with Crippen molar-refractivity contribution in [2.45, 2.75) is 18.4 Å². The predicted octanol–water partition coefficient (Wildman–Crippen LogP) is 1.94. The first-order valence-electron chi connectivity index (χ1n) is 7.04. The smallest absolute Gasteiger partial charge is 0.0698 e. The molecule has 112 valence electrons. The highest BCUT2D eigenvalue weighted by Gasteiger charge is 2.33. The number of aliphatic hydroxyl groups is 1. The van der Waals surface area contributed by atoms with Crippen LogP contribution in [0.2, 0.25) is 5.02 Å². The number of nitrogens with one attached hydrogen (secondary N) is 1. The Balaban J connectivity index is 1.99. The Morgan fingerprint density at radius 3 is 2.55 bits per heavy atom. The molecule has 0 spiro atoms. The fourth-order valence-electron chi connectivity index (χ4n) is 2.59. The Morgan fingerprint density at radius 2 is 1.90 bits per heavy atom. The van der Waals surface area contributed by atoms with Crippen molar-refractivity contribution in [1.82, 2.24) is 5.32 Å². The molecule has 2 N–H and O–H groups in total. The number of hydrogen-bond donors (Lipinski definition) is 2. The fourth-order valence-corrected chi connectivity index (χ4v) is 2.71. The summed E-state index contributed by atoms with van der Waals surface area (Å²) in [5.74, 6) is 0. The molecule has 1 heterocycles. The lowest BCUT2D eigenvalue weighted by Gasteiger charge is -2.39. The van der Waals surface area contributed by atoms with E-state index in [-0.39, 0.29) is 12.1 Å². The molecule has 5 heteroatoms. The molecule has 0 atom stereocenters. The first-order chi connectivity index (χ1) is 9.77. The van der Waals surface area contributed by atoms with Gasteiger partial charge in [0, 0.05) is 30.3 Å². The second kappa shape index (κ2) is 7.96. The van der Waals surface area contributed by atoms with Gasteiger partial charge in [0.05, 0.1) is 19.8 Å². The van der Waals surface area contributed by atoms with Gasteiger partial charge in [0.2, 0.25) is 0 Å². The van der Waals surface area contributed by atoms with Gasteiger partial charge in [-0.25, -0.2) is 0 Å². The predicted molar refractivity (Wildman–Crippen MR) is 79.1 cm³/mol. The number of benzene rings is 1. The van der Waals surface area contributed by atoms with E-state index >= 15 is 0 Å². The van der Waals surface area contributed by atoms with E-state index in [2.05, 4.69) is 17.4 Å². The van der Waals surface area contributed by atoms with Crippen molar-refractivity contribution in [2.24, 2.45) is 0 Å². The van der Waals surface area contributed by atoms with Crippen LogP contribution >= 0.6 is 11.6 Å². The van der Waals surface area contributed by atoms with E-state index < -0.39 is 0 Å². The topological polar surface area (TPSA) is 50.7 Å². The van der Waals surface area contributed by atoms with Crippen molar-refractivity contribution < 1.29 is 14.6 Å². The Hall–Kier alpha value is -0.650. The Labute approximate surface area is 125 Å². The molecule has 1 aromatic carbocycles. The summed E-state index contributed by atoms with van der Waals surface area (Å²) in [5, 5.41) is 13.0. The van der Waals surface area contributed by atoms with Crippen molar-refractivity contribution in [2.75, 3.05) is 39.6 Å². The lowest BCUT2D eigenvalue weighted by molar-refractivity contribution is 0.0298. The molecule has 4 nitrogen and oxygen atoms in total. The summed E-state index contributed by atoms with van der Waals surface area (Å²) < 4.78 is 10.8. The van der Waals surface area contributed by atoms with E-state index in [9.17, 15) is 0 Å². The standard InChI is InChI=1S/C15H22ClNO3/c16-14-3-1-13(2-4-14)15(5-9-19-10-6-15)17-7-11-20-12-8-18/h1-4,17-18H,5-12H2. The quantitative estimate of drug-likeness (QED) is 0.756. The van der Waals surface area contributed by atoms with Crippen molar-refractivity contribution >= 4 is 11.6 Å². The number of hydrogen-bond acceptors (Lipinski definition) is 4. The van der Waals surface area contributed by atoms with Gasteiger partial charge in [0.15, 0.2) is 0 Å². The highest BCUT2D eigenvalue weighted by molar-refractivity contribution is 6.30. The summed E-state index contributed by atoms with van der Waals surface area (Å²) in [5.41, 5.74) is 1.18. The van der Waals surface area contributed by atoms with Crippen LogP contribution in [0.1, 0.15) is 18.4 Å². The maximum atomic E-state index is 8.69. The zero-order chi connectivity index (χ0) is 14.3. The summed E-state index contributed by atoms with van der Waals surface area (Å²) in [4.78, 5) is 0. The molecule has 1 aliphatic heterocycles. The van der Waals surface area contributed by atoms with E-state index in [0.717, 1.165) is 37.6 Å². The molecule has 2 rings (SSSR count). The van der Waals surface area contributed by atoms with Gasteiger partial charge in [-0.15, -0.1) is 0 Å². The number of rotatable bonds is 7. The first-order valence-corrected chi connectivity index (χ1v) is 7.42. The van der Waals surface area contributed by atoms with Gasteiger partial charge in [0.1, 0.15) is 0 Å². The monoisotopic (exact) mass is 299 g/mol. The molecule has 1 saturated heterocycles. The van der Waals surface area contributed by atoms with Crippen molar-refractivity contribution in [1.29, 1.82) is 0 Å². The van der Waals surface area contributed by atoms with Crippen molar-refractivity contribution in [3.05, 3.63) is 34.9 Å². The van der Waals surface area contributed by atoms with E-state index in [0.29, 0.717) is 13.2 Å². The Morgan fingerprint density at radius 1 is 1.20 bits per heavy atom. The average molecular weight is 300 g/mol. The molecular formula is C15H22ClNO3. The van der Waals surface area contributed by atoms with Crippen LogP contribution in [0.4, 0.5) is 0 Å². The van der Waals surface area contributed by atoms with Crippen LogP contribution < -0.4 is 5.32 Å². The molecule has 20 heavy (non-hydrogen) atoms. The SMILES string of the molecule is OCCOCCNC1(c2ccc(Cl)cc2)CCOCC1. The zero-order valence-electron chi connectivity index (χ0n) is 11.6. The second-order valence-electron chi connectivity index (χ2n) is 4.96. The fraction of sp³-hybridized carbons (Fsp3) is 0.600. The van der Waals surface area contributed by atoms with Gasteiger partial charge < -0.3 is 19.9 Å². The molecule has 0 unspecified atom stereocenters. The average Bonchev–Trinajstić information content (AvgIpc) is 2.49. The lowest BCUT2D eigenvalue weighted by atomic mass is 9.82. The van der Waals surface area contributed by atoms with Crippen LogP contribution in [0.25, 0.3) is 0 Å². The second-order valence-corrected chi connectivity index (χ2v) is 5.40. The summed E-state index contributed by atoms with van der Waals surface area (Å²) in [6.45, 7) is 3.31. The molecule has 0 radical (unpaired) electrons. The van der Waals surface area contributed by atoms with E-state index in [1.807, 2.05) is 12.1 Å². The molecule has 1 fully saturated rings. The van der Waals surface area contributed by atoms with Crippen LogP contribution in [0.15, 0.2) is 24.3 Å². The Kier molecular flexibility index (Phi) is 6.26. The zero-order valence-corrected chi connectivity index (χ0v) is 12.4. The summed E-state index contributed by atoms with van der Waals surface area (Å²) in [7, 11) is 0. The van der Waals surface area contributed by atoms with Crippen LogP contribution in [0, 0.1) is 0 Å². The molecule has 0 aliphatic carbocycles. The third-order valence-electron chi connectivity index (χ3n) is 3.69. The van der Waals surface area contributed by atoms with Gasteiger partial charge in [-0.05, 0) is 30.5 Å². The van der Waals surface area contributed by atoms with Gasteiger partial charge in [0.25, 0.3) is 0 Å². The summed E-state index contributed by atoms with van der Waals surface area (Å²) in [6.07, 6.45) is 1.88. The van der Waals surface area contributed by atoms with Crippen molar-refractivity contribution in [3.63, 3.8) is 0 Å². The minimum Gasteiger partial charge on any atom is -0.394 e. The molecule has 0 aromatic heterocycles. The maximum absolute atomic E-state index is 8.69. The molecular weight excluding hydrogens is 278 g/mol. The Bertz CT molecular complexity index is 391. The highest BCUT2D eigenvalue weighted by atomic mass is 35.5. The van der Waals surface area contributed by atoms with Crippen molar-refractivity contribution in [3.8, 4) is 0 Å². The number of ether oxygens (including phenoxy) is 2. The minimum atomic E-state index is -0.0641. The summed E-state index contributed by atoms with van der Waals surface area (Å²) in [6, 6.07) is 8.01. The lowest BCUT2D eigenvalue weighted by Crippen LogP contribution is -2.47. The van der Waals surface area contributed by atoms with Crippen LogP contribution in [-0.4, -0.2) is 44.7 Å². The number of halogens is 1. The van der Waals surface area contributed by atoms with Crippen LogP contribution in [-0.2, 0) is 15.0 Å². The van der Waals surface area contributed by atoms with Gasteiger partial charge in [-0.3, -0.25) is 0 Å². The van der Waals surface area contributed by atoms with Crippen LogP contribution in [0.5, 0.6) is 0 Å². The van der Waals surface area contributed by atoms with E-state index in [1.165, 1.54) is 5.56 Å². The minimum absolute atomic E-state index is 0.0641. The third kappa shape index (κ3) is 4.17.